The Kier molecular flexibility index (Phi) is 4.13. The number of carboxylic acid groups (broad SMARTS) is 1. The van der Waals surface area contributed by atoms with Gasteiger partial charge in [0.05, 0.1) is 10.7 Å². The monoisotopic (exact) mass is 296 g/mol. The molecule has 1 saturated heterocycles. The standard InChI is InChI=1S/C14H20N2O3S/c1-4-6-14(13(18)19)7-5-8-16(14)12(17)11-9(2)15-10(3)20-11/h4-8H2,1-3H3,(H,18,19). The average molecular weight is 296 g/mol. The number of aliphatic carboxylic acids is 1. The van der Waals surface area contributed by atoms with Crippen LogP contribution in [0.15, 0.2) is 0 Å². The van der Waals surface area contributed by atoms with Gasteiger partial charge in [-0.05, 0) is 33.1 Å². The minimum Gasteiger partial charge on any atom is -0.479 e. The molecule has 0 bridgehead atoms. The Morgan fingerprint density at radius 1 is 1.45 bits per heavy atom. The number of nitrogens with zero attached hydrogens (tertiary/aromatic N) is 2. The second kappa shape index (κ2) is 5.52. The van der Waals surface area contributed by atoms with Crippen LogP contribution in [0.5, 0.6) is 0 Å². The lowest BCUT2D eigenvalue weighted by atomic mass is 9.90. The first-order valence-corrected chi connectivity index (χ1v) is 7.73. The van der Waals surface area contributed by atoms with Crippen LogP contribution in [0.2, 0.25) is 0 Å². The smallest absolute Gasteiger partial charge is 0.329 e. The highest BCUT2D eigenvalue weighted by atomic mass is 32.1. The molecular weight excluding hydrogens is 276 g/mol. The lowest BCUT2D eigenvalue weighted by Gasteiger charge is -2.34. The van der Waals surface area contributed by atoms with Crippen molar-refractivity contribution in [3.05, 3.63) is 15.6 Å². The first-order valence-electron chi connectivity index (χ1n) is 6.91. The van der Waals surface area contributed by atoms with Crippen LogP contribution < -0.4 is 0 Å². The third kappa shape index (κ3) is 2.32. The number of rotatable bonds is 4. The quantitative estimate of drug-likeness (QED) is 0.927. The van der Waals surface area contributed by atoms with E-state index in [0.717, 1.165) is 17.8 Å². The van der Waals surface area contributed by atoms with Gasteiger partial charge in [0.2, 0.25) is 0 Å². The zero-order valence-electron chi connectivity index (χ0n) is 12.1. The van der Waals surface area contributed by atoms with Crippen molar-refractivity contribution in [1.29, 1.82) is 0 Å². The van der Waals surface area contributed by atoms with Crippen molar-refractivity contribution in [2.45, 2.75) is 52.0 Å². The molecule has 1 unspecified atom stereocenters. The number of carbonyl (C=O) groups excluding carboxylic acids is 1. The molecule has 1 aromatic rings. The number of hydrogen-bond acceptors (Lipinski definition) is 4. The lowest BCUT2D eigenvalue weighted by molar-refractivity contribution is -0.148. The maximum Gasteiger partial charge on any atom is 0.329 e. The number of carboxylic acids is 1. The van der Waals surface area contributed by atoms with Gasteiger partial charge >= 0.3 is 5.97 Å². The molecule has 0 aliphatic carbocycles. The number of thiazole rings is 1. The maximum absolute atomic E-state index is 12.7. The van der Waals surface area contributed by atoms with Crippen LogP contribution in [0, 0.1) is 13.8 Å². The fourth-order valence-electron chi connectivity index (χ4n) is 3.03. The van der Waals surface area contributed by atoms with Gasteiger partial charge < -0.3 is 10.0 Å². The molecular formula is C14H20N2O3S. The topological polar surface area (TPSA) is 70.5 Å². The van der Waals surface area contributed by atoms with Crippen LogP contribution in [-0.4, -0.2) is 39.0 Å². The first-order chi connectivity index (χ1) is 9.42. The van der Waals surface area contributed by atoms with E-state index in [9.17, 15) is 14.7 Å². The Hall–Kier alpha value is -1.43. The predicted octanol–water partition coefficient (Wildman–Crippen LogP) is 2.62. The van der Waals surface area contributed by atoms with Gasteiger partial charge in [-0.1, -0.05) is 13.3 Å². The van der Waals surface area contributed by atoms with Crippen LogP contribution in [0.3, 0.4) is 0 Å². The minimum absolute atomic E-state index is 0.179. The molecule has 1 amide bonds. The molecule has 2 heterocycles. The van der Waals surface area contributed by atoms with Crippen molar-refractivity contribution < 1.29 is 14.7 Å². The van der Waals surface area contributed by atoms with Crippen molar-refractivity contribution in [3.63, 3.8) is 0 Å². The molecule has 1 aliphatic heterocycles. The highest BCUT2D eigenvalue weighted by Gasteiger charge is 2.49. The van der Waals surface area contributed by atoms with E-state index in [1.165, 1.54) is 11.3 Å². The third-order valence-electron chi connectivity index (χ3n) is 3.89. The molecule has 0 aromatic carbocycles. The zero-order chi connectivity index (χ0) is 14.9. The molecule has 1 aliphatic rings. The van der Waals surface area contributed by atoms with Gasteiger partial charge in [0.25, 0.3) is 5.91 Å². The van der Waals surface area contributed by atoms with Gasteiger partial charge in [-0.15, -0.1) is 11.3 Å². The van der Waals surface area contributed by atoms with Gasteiger partial charge in [-0.3, -0.25) is 4.79 Å². The molecule has 20 heavy (non-hydrogen) atoms. The summed E-state index contributed by atoms with van der Waals surface area (Å²) in [7, 11) is 0. The van der Waals surface area contributed by atoms with Gasteiger partial charge in [-0.25, -0.2) is 9.78 Å². The number of aryl methyl sites for hydroxylation is 2. The zero-order valence-corrected chi connectivity index (χ0v) is 12.9. The van der Waals surface area contributed by atoms with E-state index in [2.05, 4.69) is 4.98 Å². The Bertz CT molecular complexity index is 541. The van der Waals surface area contributed by atoms with E-state index in [1.807, 2.05) is 13.8 Å². The molecule has 0 radical (unpaired) electrons. The van der Waals surface area contributed by atoms with Crippen molar-refractivity contribution in [3.8, 4) is 0 Å². The summed E-state index contributed by atoms with van der Waals surface area (Å²) in [6.07, 6.45) is 2.54. The van der Waals surface area contributed by atoms with Crippen molar-refractivity contribution in [2.24, 2.45) is 0 Å². The summed E-state index contributed by atoms with van der Waals surface area (Å²) in [5.41, 5.74) is -0.337. The van der Waals surface area contributed by atoms with E-state index < -0.39 is 11.5 Å². The molecule has 6 heteroatoms. The molecule has 0 spiro atoms. The average Bonchev–Trinajstić information content (AvgIpc) is 2.93. The third-order valence-corrected chi connectivity index (χ3v) is 4.95. The van der Waals surface area contributed by atoms with E-state index in [0.29, 0.717) is 30.0 Å². The van der Waals surface area contributed by atoms with Crippen LogP contribution in [0.1, 0.15) is 53.0 Å². The summed E-state index contributed by atoms with van der Waals surface area (Å²) >= 11 is 1.34. The number of amides is 1. The second-order valence-corrected chi connectivity index (χ2v) is 6.50. The predicted molar refractivity (Wildman–Crippen MR) is 77.1 cm³/mol. The second-order valence-electron chi connectivity index (χ2n) is 5.29. The maximum atomic E-state index is 12.7. The number of likely N-dealkylation sites (tertiary alicyclic amines) is 1. The lowest BCUT2D eigenvalue weighted by Crippen LogP contribution is -2.53. The Morgan fingerprint density at radius 3 is 2.65 bits per heavy atom. The van der Waals surface area contributed by atoms with Gasteiger partial charge in [0, 0.05) is 6.54 Å². The number of hydrogen-bond donors (Lipinski definition) is 1. The van der Waals surface area contributed by atoms with Gasteiger partial charge in [0.15, 0.2) is 0 Å². The van der Waals surface area contributed by atoms with Crippen molar-refractivity contribution >= 4 is 23.2 Å². The SMILES string of the molecule is CCCC1(C(=O)O)CCCN1C(=O)c1sc(C)nc1C. The van der Waals surface area contributed by atoms with Gasteiger partial charge in [0.1, 0.15) is 10.4 Å². The van der Waals surface area contributed by atoms with Crippen molar-refractivity contribution in [1.82, 2.24) is 9.88 Å². The summed E-state index contributed by atoms with van der Waals surface area (Å²) in [6, 6.07) is 0. The molecule has 5 nitrogen and oxygen atoms in total. The van der Waals surface area contributed by atoms with Crippen LogP contribution in [-0.2, 0) is 4.79 Å². The van der Waals surface area contributed by atoms with Gasteiger partial charge in [-0.2, -0.15) is 0 Å². The molecule has 1 N–H and O–H groups in total. The molecule has 0 saturated carbocycles. The van der Waals surface area contributed by atoms with E-state index in [1.54, 1.807) is 11.8 Å². The summed E-state index contributed by atoms with van der Waals surface area (Å²) < 4.78 is 0. The van der Waals surface area contributed by atoms with E-state index in [-0.39, 0.29) is 5.91 Å². The summed E-state index contributed by atoms with van der Waals surface area (Å²) in [4.78, 5) is 30.8. The number of aromatic nitrogens is 1. The highest BCUT2D eigenvalue weighted by Crippen LogP contribution is 2.36. The Morgan fingerprint density at radius 2 is 2.15 bits per heavy atom. The normalized spacial score (nSPS) is 22.2. The molecule has 1 atom stereocenters. The van der Waals surface area contributed by atoms with E-state index >= 15 is 0 Å². The Balaban J connectivity index is 2.37. The van der Waals surface area contributed by atoms with Crippen LogP contribution in [0.25, 0.3) is 0 Å². The van der Waals surface area contributed by atoms with E-state index in [4.69, 9.17) is 0 Å². The van der Waals surface area contributed by atoms with Crippen LogP contribution in [0.4, 0.5) is 0 Å². The molecule has 2 rings (SSSR count). The fourth-order valence-corrected chi connectivity index (χ4v) is 3.90. The molecule has 1 fully saturated rings. The first kappa shape index (κ1) is 15.0. The minimum atomic E-state index is -1.03. The van der Waals surface area contributed by atoms with Crippen molar-refractivity contribution in [2.75, 3.05) is 6.54 Å². The van der Waals surface area contributed by atoms with Crippen LogP contribution >= 0.6 is 11.3 Å². The number of carbonyl (C=O) groups is 2. The molecule has 110 valence electrons. The summed E-state index contributed by atoms with van der Waals surface area (Å²) in [5, 5.41) is 10.5. The fraction of sp³-hybridized carbons (Fsp3) is 0.643. The summed E-state index contributed by atoms with van der Waals surface area (Å²) in [6.45, 7) is 6.12. The Labute approximate surface area is 122 Å². The summed E-state index contributed by atoms with van der Waals surface area (Å²) in [5.74, 6) is -1.06. The largest absolute Gasteiger partial charge is 0.479 e. The molecule has 1 aromatic heterocycles. The highest BCUT2D eigenvalue weighted by molar-refractivity contribution is 7.13.